The Bertz CT molecular complexity index is 904. The molecule has 1 aliphatic rings. The lowest BCUT2D eigenvalue weighted by Crippen LogP contribution is -2.35. The zero-order chi connectivity index (χ0) is 17.4. The smallest absolute Gasteiger partial charge is 0.273 e. The Morgan fingerprint density at radius 3 is 2.84 bits per heavy atom. The van der Waals surface area contributed by atoms with Crippen molar-refractivity contribution >= 4 is 28.6 Å². The normalized spacial score (nSPS) is 20.2. The molecule has 0 bridgehead atoms. The van der Waals surface area contributed by atoms with Crippen molar-refractivity contribution in [3.8, 4) is 9.88 Å². The Morgan fingerprint density at radius 2 is 2.08 bits per heavy atom. The van der Waals surface area contributed by atoms with Crippen molar-refractivity contribution < 1.29 is 9.90 Å². The summed E-state index contributed by atoms with van der Waals surface area (Å²) < 4.78 is 0. The molecule has 0 unspecified atom stereocenters. The van der Waals surface area contributed by atoms with Crippen LogP contribution in [0.5, 0.6) is 0 Å². The van der Waals surface area contributed by atoms with E-state index >= 15 is 0 Å². The molecule has 128 valence electrons. The first kappa shape index (κ1) is 16.4. The van der Waals surface area contributed by atoms with Gasteiger partial charge in [0, 0.05) is 11.9 Å². The molecule has 0 saturated carbocycles. The summed E-state index contributed by atoms with van der Waals surface area (Å²) in [6.45, 7) is 2.84. The number of amides is 1. The molecule has 4 rings (SSSR count). The van der Waals surface area contributed by atoms with Crippen LogP contribution in [0.3, 0.4) is 0 Å². The van der Waals surface area contributed by atoms with Gasteiger partial charge < -0.3 is 10.0 Å². The predicted molar refractivity (Wildman–Crippen MR) is 101 cm³/mol. The van der Waals surface area contributed by atoms with Crippen LogP contribution in [0.15, 0.2) is 47.2 Å². The molecule has 0 radical (unpaired) electrons. The largest absolute Gasteiger partial charge is 0.383 e. The van der Waals surface area contributed by atoms with E-state index in [1.807, 2.05) is 54.1 Å². The fraction of sp³-hybridized carbons (Fsp3) is 0.263. The van der Waals surface area contributed by atoms with Crippen LogP contribution >= 0.6 is 22.7 Å². The van der Waals surface area contributed by atoms with E-state index < -0.39 is 5.60 Å². The zero-order valence-electron chi connectivity index (χ0n) is 13.8. The van der Waals surface area contributed by atoms with E-state index in [1.165, 1.54) is 11.3 Å². The van der Waals surface area contributed by atoms with Crippen molar-refractivity contribution in [2.45, 2.75) is 18.9 Å². The van der Waals surface area contributed by atoms with Gasteiger partial charge in [-0.05, 0) is 35.9 Å². The number of hydrogen-bond acceptors (Lipinski definition) is 5. The number of rotatable bonds is 3. The average molecular weight is 370 g/mol. The molecular formula is C19H18N2O2S2. The van der Waals surface area contributed by atoms with Crippen LogP contribution in [0, 0.1) is 6.92 Å². The summed E-state index contributed by atoms with van der Waals surface area (Å²) in [5.74, 6) is -0.108. The average Bonchev–Trinajstić information content (AvgIpc) is 3.35. The number of aryl methyl sites for hydroxylation is 1. The topological polar surface area (TPSA) is 53.4 Å². The molecule has 3 heterocycles. The van der Waals surface area contributed by atoms with Gasteiger partial charge in [0.25, 0.3) is 5.91 Å². The zero-order valence-corrected chi connectivity index (χ0v) is 15.4. The third-order valence-electron chi connectivity index (χ3n) is 4.64. The molecule has 6 heteroatoms. The third kappa shape index (κ3) is 3.01. The lowest BCUT2D eigenvalue weighted by Gasteiger charge is -2.25. The van der Waals surface area contributed by atoms with Crippen molar-refractivity contribution in [3.63, 3.8) is 0 Å². The maximum absolute atomic E-state index is 12.8. The molecule has 4 nitrogen and oxygen atoms in total. The fourth-order valence-electron chi connectivity index (χ4n) is 3.33. The van der Waals surface area contributed by atoms with E-state index in [2.05, 4.69) is 4.98 Å². The fourth-order valence-corrected chi connectivity index (χ4v) is 4.94. The van der Waals surface area contributed by atoms with Crippen LogP contribution in [-0.4, -0.2) is 34.0 Å². The summed E-state index contributed by atoms with van der Waals surface area (Å²) in [6, 6.07) is 11.8. The van der Waals surface area contributed by atoms with Gasteiger partial charge in [0.05, 0.1) is 11.4 Å². The third-order valence-corrected chi connectivity index (χ3v) is 6.52. The van der Waals surface area contributed by atoms with Gasteiger partial charge in [-0.2, -0.15) is 0 Å². The summed E-state index contributed by atoms with van der Waals surface area (Å²) in [5.41, 5.74) is 1.44. The summed E-state index contributed by atoms with van der Waals surface area (Å²) in [4.78, 5) is 20.1. The van der Waals surface area contributed by atoms with Gasteiger partial charge in [0.2, 0.25) is 0 Å². The number of nitrogens with zero attached hydrogens (tertiary/aromatic N) is 2. The molecule has 1 fully saturated rings. The van der Waals surface area contributed by atoms with Crippen molar-refractivity contribution in [2.75, 3.05) is 13.1 Å². The summed E-state index contributed by atoms with van der Waals surface area (Å²) in [5, 5.41) is 15.7. The van der Waals surface area contributed by atoms with Crippen molar-refractivity contribution in [1.82, 2.24) is 9.88 Å². The van der Waals surface area contributed by atoms with E-state index in [-0.39, 0.29) is 5.91 Å². The number of thiazole rings is 1. The molecule has 0 aliphatic carbocycles. The second-order valence-corrected chi connectivity index (χ2v) is 8.14. The highest BCUT2D eigenvalue weighted by Crippen LogP contribution is 2.35. The molecule has 1 atom stereocenters. The standard InChI is InChI=1S/C19H18N2O2S2/c1-13-5-2-3-6-14(13)19(23)8-9-21(12-19)18(22)15-11-25-17(20-15)16-7-4-10-24-16/h2-7,10-11,23H,8-9,12H2,1H3/t19-/m1/s1. The van der Waals surface area contributed by atoms with Gasteiger partial charge in [-0.3, -0.25) is 4.79 Å². The number of aromatic nitrogens is 1. The van der Waals surface area contributed by atoms with Gasteiger partial charge in [-0.25, -0.2) is 4.98 Å². The lowest BCUT2D eigenvalue weighted by atomic mass is 9.89. The number of likely N-dealkylation sites (tertiary alicyclic amines) is 1. The summed E-state index contributed by atoms with van der Waals surface area (Å²) in [6.07, 6.45) is 0.547. The van der Waals surface area contributed by atoms with Gasteiger partial charge in [0.15, 0.2) is 0 Å². The molecule has 3 aromatic rings. The highest BCUT2D eigenvalue weighted by atomic mass is 32.1. The number of aliphatic hydroxyl groups is 1. The van der Waals surface area contributed by atoms with E-state index in [0.29, 0.717) is 25.2 Å². The maximum atomic E-state index is 12.8. The molecule has 1 amide bonds. The molecular weight excluding hydrogens is 352 g/mol. The van der Waals surface area contributed by atoms with Gasteiger partial charge in [0.1, 0.15) is 16.3 Å². The van der Waals surface area contributed by atoms with Crippen LogP contribution in [-0.2, 0) is 5.60 Å². The van der Waals surface area contributed by atoms with E-state index in [0.717, 1.165) is 21.0 Å². The second-order valence-electron chi connectivity index (χ2n) is 6.34. The highest BCUT2D eigenvalue weighted by Gasteiger charge is 2.41. The Hall–Kier alpha value is -2.02. The number of β-amino-alcohol motifs (C(OH)–C–C–N with tert-alkyl or cyclic N) is 1. The molecule has 1 aliphatic heterocycles. The SMILES string of the molecule is Cc1ccccc1[C@@]1(O)CCN(C(=O)c2csc(-c3cccs3)n2)C1. The van der Waals surface area contributed by atoms with E-state index in [9.17, 15) is 9.90 Å². The Labute approximate surface area is 154 Å². The number of benzene rings is 1. The quantitative estimate of drug-likeness (QED) is 0.760. The first-order chi connectivity index (χ1) is 12.1. The molecule has 0 spiro atoms. The molecule has 1 N–H and O–H groups in total. The van der Waals surface area contributed by atoms with E-state index in [4.69, 9.17) is 0 Å². The first-order valence-electron chi connectivity index (χ1n) is 8.14. The van der Waals surface area contributed by atoms with Crippen LogP contribution in [0.4, 0.5) is 0 Å². The minimum absolute atomic E-state index is 0.108. The summed E-state index contributed by atoms with van der Waals surface area (Å²) in [7, 11) is 0. The van der Waals surface area contributed by atoms with Crippen molar-refractivity contribution in [3.05, 3.63) is 64.0 Å². The van der Waals surface area contributed by atoms with Crippen LogP contribution in [0.25, 0.3) is 9.88 Å². The number of hydrogen-bond donors (Lipinski definition) is 1. The van der Waals surface area contributed by atoms with Gasteiger partial charge in [-0.15, -0.1) is 22.7 Å². The predicted octanol–water partition coefficient (Wildman–Crippen LogP) is 3.91. The molecule has 25 heavy (non-hydrogen) atoms. The number of carbonyl (C=O) groups is 1. The molecule has 1 aromatic carbocycles. The minimum Gasteiger partial charge on any atom is -0.383 e. The Kier molecular flexibility index (Phi) is 4.19. The van der Waals surface area contributed by atoms with Crippen LogP contribution in [0.1, 0.15) is 28.0 Å². The Balaban J connectivity index is 1.54. The monoisotopic (exact) mass is 370 g/mol. The first-order valence-corrected chi connectivity index (χ1v) is 9.90. The molecule has 2 aromatic heterocycles. The maximum Gasteiger partial charge on any atom is 0.273 e. The number of thiophene rings is 1. The van der Waals surface area contributed by atoms with Crippen molar-refractivity contribution in [1.29, 1.82) is 0 Å². The minimum atomic E-state index is -0.979. The second kappa shape index (κ2) is 6.37. The van der Waals surface area contributed by atoms with E-state index in [1.54, 1.807) is 16.2 Å². The number of carbonyl (C=O) groups excluding carboxylic acids is 1. The summed E-state index contributed by atoms with van der Waals surface area (Å²) >= 11 is 3.10. The molecule has 1 saturated heterocycles. The lowest BCUT2D eigenvalue weighted by molar-refractivity contribution is 0.0411. The van der Waals surface area contributed by atoms with Gasteiger partial charge in [-0.1, -0.05) is 30.3 Å². The highest BCUT2D eigenvalue weighted by molar-refractivity contribution is 7.20. The van der Waals surface area contributed by atoms with Crippen LogP contribution in [0.2, 0.25) is 0 Å². The van der Waals surface area contributed by atoms with Gasteiger partial charge >= 0.3 is 0 Å². The Morgan fingerprint density at radius 1 is 1.24 bits per heavy atom. The van der Waals surface area contributed by atoms with Crippen molar-refractivity contribution in [2.24, 2.45) is 0 Å². The van der Waals surface area contributed by atoms with Crippen LogP contribution < -0.4 is 0 Å².